The summed E-state index contributed by atoms with van der Waals surface area (Å²) < 4.78 is 0. The summed E-state index contributed by atoms with van der Waals surface area (Å²) in [6, 6.07) is 8.48. The molecule has 1 nitrogen and oxygen atoms in total. The Morgan fingerprint density at radius 1 is 1.33 bits per heavy atom. The number of hydrogen-bond acceptors (Lipinski definition) is 1. The van der Waals surface area contributed by atoms with Crippen molar-refractivity contribution in [1.82, 2.24) is 4.98 Å². The second-order valence-corrected chi connectivity index (χ2v) is 3.14. The molecule has 0 spiro atoms. The van der Waals surface area contributed by atoms with Crippen molar-refractivity contribution in [2.24, 2.45) is 0 Å². The van der Waals surface area contributed by atoms with Crippen LogP contribution in [-0.4, -0.2) is 4.98 Å². The molecule has 2 aromatic rings. The van der Waals surface area contributed by atoms with Crippen LogP contribution in [0.5, 0.6) is 0 Å². The SMILES string of the molecule is Clc1cnc2[c]cccc2c1Cl. The molecule has 1 radical (unpaired) electrons. The molecule has 0 amide bonds. The van der Waals surface area contributed by atoms with E-state index in [0.717, 1.165) is 10.9 Å². The quantitative estimate of drug-likeness (QED) is 0.631. The summed E-state index contributed by atoms with van der Waals surface area (Å²) >= 11 is 11.7. The number of aromatic nitrogens is 1. The molecule has 0 aliphatic heterocycles. The van der Waals surface area contributed by atoms with Gasteiger partial charge in [0.15, 0.2) is 0 Å². The largest absolute Gasteiger partial charge is 0.254 e. The fourth-order valence-electron chi connectivity index (χ4n) is 1.02. The normalized spacial score (nSPS) is 10.5. The molecule has 0 bridgehead atoms. The molecule has 59 valence electrons. The molecule has 0 aliphatic rings. The number of para-hydroxylation sites is 1. The average Bonchev–Trinajstić information content (AvgIpc) is 2.12. The summed E-state index contributed by atoms with van der Waals surface area (Å²) in [4.78, 5) is 4.07. The molecule has 0 atom stereocenters. The van der Waals surface area contributed by atoms with Gasteiger partial charge in [0.05, 0.1) is 15.6 Å². The van der Waals surface area contributed by atoms with Crippen molar-refractivity contribution >= 4 is 34.1 Å². The van der Waals surface area contributed by atoms with Crippen LogP contribution in [0, 0.1) is 6.07 Å². The summed E-state index contributed by atoms with van der Waals surface area (Å²) in [7, 11) is 0. The van der Waals surface area contributed by atoms with E-state index in [1.54, 1.807) is 6.07 Å². The second kappa shape index (κ2) is 2.92. The van der Waals surface area contributed by atoms with Crippen LogP contribution in [-0.2, 0) is 0 Å². The highest BCUT2D eigenvalue weighted by molar-refractivity contribution is 6.44. The Balaban J connectivity index is 2.91. The lowest BCUT2D eigenvalue weighted by molar-refractivity contribution is 1.41. The second-order valence-electron chi connectivity index (χ2n) is 2.35. The minimum Gasteiger partial charge on any atom is -0.254 e. The van der Waals surface area contributed by atoms with Gasteiger partial charge >= 0.3 is 0 Å². The minimum absolute atomic E-state index is 0.476. The zero-order valence-corrected chi connectivity index (χ0v) is 7.52. The van der Waals surface area contributed by atoms with Crippen molar-refractivity contribution in [3.05, 3.63) is 40.5 Å². The molecule has 0 aliphatic carbocycles. The fourth-order valence-corrected chi connectivity index (χ4v) is 1.37. The van der Waals surface area contributed by atoms with Gasteiger partial charge in [0.2, 0.25) is 0 Å². The Bertz CT molecular complexity index is 426. The molecule has 0 saturated heterocycles. The molecule has 1 aromatic heterocycles. The Labute approximate surface area is 79.9 Å². The first kappa shape index (κ1) is 7.84. The summed E-state index contributed by atoms with van der Waals surface area (Å²) in [5, 5.41) is 1.86. The molecule has 1 heterocycles. The average molecular weight is 197 g/mol. The van der Waals surface area contributed by atoms with Gasteiger partial charge < -0.3 is 0 Å². The van der Waals surface area contributed by atoms with E-state index in [1.807, 2.05) is 12.1 Å². The Kier molecular flexibility index (Phi) is 1.91. The van der Waals surface area contributed by atoms with Crippen molar-refractivity contribution in [2.45, 2.75) is 0 Å². The molecule has 1 aromatic carbocycles. The molecule has 12 heavy (non-hydrogen) atoms. The summed E-state index contributed by atoms with van der Waals surface area (Å²) in [5.41, 5.74) is 0.743. The van der Waals surface area contributed by atoms with Gasteiger partial charge in [-0.3, -0.25) is 4.98 Å². The van der Waals surface area contributed by atoms with E-state index < -0.39 is 0 Å². The van der Waals surface area contributed by atoms with E-state index in [2.05, 4.69) is 11.1 Å². The van der Waals surface area contributed by atoms with Crippen LogP contribution in [0.2, 0.25) is 10.0 Å². The molecular weight excluding hydrogens is 193 g/mol. The van der Waals surface area contributed by atoms with E-state index in [4.69, 9.17) is 23.2 Å². The Morgan fingerprint density at radius 3 is 3.00 bits per heavy atom. The van der Waals surface area contributed by atoms with Gasteiger partial charge in [-0.25, -0.2) is 0 Å². The van der Waals surface area contributed by atoms with E-state index in [0.29, 0.717) is 10.0 Å². The van der Waals surface area contributed by atoms with Crippen LogP contribution in [0.1, 0.15) is 0 Å². The highest BCUT2D eigenvalue weighted by Crippen LogP contribution is 2.28. The first-order valence-electron chi connectivity index (χ1n) is 3.39. The van der Waals surface area contributed by atoms with Gasteiger partial charge in [0, 0.05) is 17.6 Å². The maximum atomic E-state index is 5.93. The van der Waals surface area contributed by atoms with Gasteiger partial charge in [0.25, 0.3) is 0 Å². The van der Waals surface area contributed by atoms with Gasteiger partial charge in [-0.15, -0.1) is 0 Å². The van der Waals surface area contributed by atoms with Crippen molar-refractivity contribution < 1.29 is 0 Å². The number of nitrogens with zero attached hydrogens (tertiary/aromatic N) is 1. The van der Waals surface area contributed by atoms with E-state index in [1.165, 1.54) is 6.20 Å². The van der Waals surface area contributed by atoms with Crippen molar-refractivity contribution in [3.8, 4) is 0 Å². The minimum atomic E-state index is 0.476. The molecule has 0 unspecified atom stereocenters. The van der Waals surface area contributed by atoms with Crippen molar-refractivity contribution in [2.75, 3.05) is 0 Å². The van der Waals surface area contributed by atoms with Crippen molar-refractivity contribution in [3.63, 3.8) is 0 Å². The fraction of sp³-hybridized carbons (Fsp3) is 0. The Morgan fingerprint density at radius 2 is 2.17 bits per heavy atom. The van der Waals surface area contributed by atoms with Crippen LogP contribution in [0.25, 0.3) is 10.9 Å². The molecule has 0 N–H and O–H groups in total. The monoisotopic (exact) mass is 196 g/mol. The van der Waals surface area contributed by atoms with Gasteiger partial charge in [0.1, 0.15) is 0 Å². The summed E-state index contributed by atoms with van der Waals surface area (Å²) in [6.07, 6.45) is 1.53. The Hall–Kier alpha value is -0.790. The van der Waals surface area contributed by atoms with E-state index in [9.17, 15) is 0 Å². The van der Waals surface area contributed by atoms with Crippen LogP contribution in [0.3, 0.4) is 0 Å². The third-order valence-electron chi connectivity index (χ3n) is 1.59. The van der Waals surface area contributed by atoms with Crippen LogP contribution >= 0.6 is 23.2 Å². The maximum absolute atomic E-state index is 5.93. The number of pyridine rings is 1. The van der Waals surface area contributed by atoms with E-state index in [-0.39, 0.29) is 0 Å². The maximum Gasteiger partial charge on any atom is 0.0797 e. The predicted octanol–water partition coefficient (Wildman–Crippen LogP) is 3.34. The number of benzene rings is 1. The third kappa shape index (κ3) is 1.15. The number of rotatable bonds is 0. The molecule has 0 fully saturated rings. The lowest BCUT2D eigenvalue weighted by atomic mass is 10.2. The lowest BCUT2D eigenvalue weighted by Gasteiger charge is -1.99. The number of fused-ring (bicyclic) bond motifs is 1. The third-order valence-corrected chi connectivity index (χ3v) is 2.38. The molecular formula is C9H4Cl2N. The number of halogens is 2. The highest BCUT2D eigenvalue weighted by Gasteiger charge is 2.02. The van der Waals surface area contributed by atoms with Gasteiger partial charge in [-0.05, 0) is 0 Å². The molecule has 2 rings (SSSR count). The zero-order valence-electron chi connectivity index (χ0n) is 6.01. The highest BCUT2D eigenvalue weighted by atomic mass is 35.5. The van der Waals surface area contributed by atoms with Gasteiger partial charge in [-0.1, -0.05) is 41.4 Å². The smallest absolute Gasteiger partial charge is 0.0797 e. The lowest BCUT2D eigenvalue weighted by Crippen LogP contribution is -1.79. The van der Waals surface area contributed by atoms with Gasteiger partial charge in [-0.2, -0.15) is 0 Å². The van der Waals surface area contributed by atoms with Crippen molar-refractivity contribution in [1.29, 1.82) is 0 Å². The standard InChI is InChI=1S/C9H4Cl2N/c10-7-5-12-8-4-2-1-3-6(8)9(7)11/h1-3,5H. The zero-order chi connectivity index (χ0) is 8.55. The number of hydrogen-bond donors (Lipinski definition) is 0. The molecule has 0 saturated carbocycles. The predicted molar refractivity (Wildman–Crippen MR) is 50.6 cm³/mol. The summed E-state index contributed by atoms with van der Waals surface area (Å²) in [6.45, 7) is 0. The topological polar surface area (TPSA) is 12.9 Å². The first-order valence-corrected chi connectivity index (χ1v) is 4.15. The summed E-state index contributed by atoms with van der Waals surface area (Å²) in [5.74, 6) is 0. The van der Waals surface area contributed by atoms with Crippen LogP contribution < -0.4 is 0 Å². The first-order chi connectivity index (χ1) is 5.79. The van der Waals surface area contributed by atoms with Crippen LogP contribution in [0.15, 0.2) is 24.4 Å². The van der Waals surface area contributed by atoms with Crippen LogP contribution in [0.4, 0.5) is 0 Å². The molecule has 3 heteroatoms. The van der Waals surface area contributed by atoms with E-state index >= 15 is 0 Å².